The van der Waals surface area contributed by atoms with Crippen molar-refractivity contribution in [2.75, 3.05) is 5.32 Å². The van der Waals surface area contributed by atoms with Gasteiger partial charge in [0.2, 0.25) is 0 Å². The summed E-state index contributed by atoms with van der Waals surface area (Å²) in [4.78, 5) is 30.5. The van der Waals surface area contributed by atoms with Crippen molar-refractivity contribution in [3.8, 4) is 16.9 Å². The van der Waals surface area contributed by atoms with E-state index in [1.54, 1.807) is 6.07 Å². The number of nitrogens with one attached hydrogen (secondary N) is 1. The zero-order valence-electron chi connectivity index (χ0n) is 29.5. The van der Waals surface area contributed by atoms with Crippen molar-refractivity contribution in [3.63, 3.8) is 0 Å². The van der Waals surface area contributed by atoms with Crippen LogP contribution in [-0.4, -0.2) is 33.5 Å². The van der Waals surface area contributed by atoms with Gasteiger partial charge in [-0.2, -0.15) is 0 Å². The second kappa shape index (κ2) is 15.3. The molecule has 1 N–H and O–H groups in total. The second-order valence-corrected chi connectivity index (χ2v) is 14.6. The first kappa shape index (κ1) is 35.0. The molecule has 1 fully saturated rings. The van der Waals surface area contributed by atoms with Gasteiger partial charge in [0.1, 0.15) is 23.3 Å². The summed E-state index contributed by atoms with van der Waals surface area (Å²) in [5.41, 5.74) is 4.74. The van der Waals surface area contributed by atoms with Crippen LogP contribution in [0.15, 0.2) is 66.7 Å². The lowest BCUT2D eigenvalue weighted by atomic mass is 9.75. The van der Waals surface area contributed by atoms with Crippen LogP contribution in [0.3, 0.4) is 0 Å². The number of hydrogen-bond acceptors (Lipinski definition) is 6. The fourth-order valence-electron chi connectivity index (χ4n) is 6.61. The van der Waals surface area contributed by atoms with E-state index in [0.717, 1.165) is 65.7 Å². The Balaban J connectivity index is 1.35. The lowest BCUT2D eigenvalue weighted by Gasteiger charge is -2.36. The van der Waals surface area contributed by atoms with Crippen LogP contribution >= 0.6 is 0 Å². The standard InChI is InChI=1S/C40H51N3O5/c1-8-9-14-37-42-33-22-20-30(41-38(44)46-36-23-27(4)15-21-31(36)26(2)3)24-34(33)43(37)25-28-16-18-29(19-17-28)32-12-10-11-13-35(32)47-39(45)48-40(5,6)7/h10-13,16-20,22,24,26-27,31,36H,8-9,14-15,21,23,25H2,1-7H3,(H,41,44). The number of carbonyl (C=O) groups is 2. The van der Waals surface area contributed by atoms with Gasteiger partial charge in [-0.05, 0) is 93.2 Å². The van der Waals surface area contributed by atoms with Crippen LogP contribution in [0, 0.1) is 17.8 Å². The van der Waals surface area contributed by atoms with Gasteiger partial charge in [-0.1, -0.05) is 83.0 Å². The third kappa shape index (κ3) is 8.97. The van der Waals surface area contributed by atoms with Crippen LogP contribution in [0.5, 0.6) is 5.75 Å². The number of aromatic nitrogens is 2. The fraction of sp³-hybridized carbons (Fsp3) is 0.475. The van der Waals surface area contributed by atoms with Gasteiger partial charge in [0.25, 0.3) is 0 Å². The Bertz CT molecular complexity index is 1700. The minimum atomic E-state index is -0.733. The monoisotopic (exact) mass is 653 g/mol. The molecule has 48 heavy (non-hydrogen) atoms. The van der Waals surface area contributed by atoms with Gasteiger partial charge in [0, 0.05) is 24.2 Å². The van der Waals surface area contributed by atoms with Crippen LogP contribution < -0.4 is 10.1 Å². The molecule has 1 saturated carbocycles. The van der Waals surface area contributed by atoms with E-state index in [9.17, 15) is 9.59 Å². The van der Waals surface area contributed by atoms with Gasteiger partial charge >= 0.3 is 12.2 Å². The van der Waals surface area contributed by atoms with Crippen LogP contribution in [0.25, 0.3) is 22.2 Å². The Morgan fingerprint density at radius 1 is 1.02 bits per heavy atom. The van der Waals surface area contributed by atoms with Gasteiger partial charge in [0.05, 0.1) is 11.0 Å². The summed E-state index contributed by atoms with van der Waals surface area (Å²) in [5.74, 6) is 2.87. The highest BCUT2D eigenvalue weighted by molar-refractivity contribution is 5.89. The van der Waals surface area contributed by atoms with Gasteiger partial charge in [-0.25, -0.2) is 14.6 Å². The maximum Gasteiger partial charge on any atom is 0.514 e. The first-order valence-electron chi connectivity index (χ1n) is 17.5. The number of benzene rings is 3. The number of imidazole rings is 1. The van der Waals surface area contributed by atoms with E-state index in [-0.39, 0.29) is 6.10 Å². The first-order valence-corrected chi connectivity index (χ1v) is 17.5. The van der Waals surface area contributed by atoms with Crippen molar-refractivity contribution < 1.29 is 23.8 Å². The number of fused-ring (bicyclic) bond motifs is 1. The number of unbranched alkanes of at least 4 members (excludes halogenated alkanes) is 1. The molecule has 0 radical (unpaired) electrons. The summed E-state index contributed by atoms with van der Waals surface area (Å²) in [6.07, 6.45) is 4.95. The average molecular weight is 654 g/mol. The first-order chi connectivity index (χ1) is 22.9. The number of para-hydroxylation sites is 1. The molecular formula is C40H51N3O5. The van der Waals surface area contributed by atoms with E-state index in [4.69, 9.17) is 19.2 Å². The largest absolute Gasteiger partial charge is 0.514 e. The van der Waals surface area contributed by atoms with Crippen LogP contribution in [0.4, 0.5) is 15.3 Å². The average Bonchev–Trinajstić information content (AvgIpc) is 3.35. The van der Waals surface area contributed by atoms with Crippen molar-refractivity contribution in [2.24, 2.45) is 17.8 Å². The van der Waals surface area contributed by atoms with Gasteiger partial charge in [-0.3, -0.25) is 5.32 Å². The summed E-state index contributed by atoms with van der Waals surface area (Å²) in [6.45, 7) is 14.9. The molecule has 256 valence electrons. The summed E-state index contributed by atoms with van der Waals surface area (Å²) in [5, 5.41) is 3.01. The highest BCUT2D eigenvalue weighted by Crippen LogP contribution is 2.36. The van der Waals surface area contributed by atoms with Crippen LogP contribution in [0.1, 0.15) is 92.0 Å². The minimum absolute atomic E-state index is 0.0672. The molecular weight excluding hydrogens is 602 g/mol. The highest BCUT2D eigenvalue weighted by Gasteiger charge is 2.33. The molecule has 3 atom stereocenters. The molecule has 0 spiro atoms. The molecule has 0 saturated heterocycles. The number of amides is 1. The molecule has 1 amide bonds. The zero-order valence-corrected chi connectivity index (χ0v) is 29.5. The maximum absolute atomic E-state index is 13.1. The van der Waals surface area contributed by atoms with Crippen molar-refractivity contribution in [3.05, 3.63) is 78.1 Å². The van der Waals surface area contributed by atoms with E-state index in [1.165, 1.54) is 6.42 Å². The topological polar surface area (TPSA) is 91.7 Å². The van der Waals surface area contributed by atoms with Gasteiger partial charge in [0.15, 0.2) is 0 Å². The molecule has 1 aliphatic carbocycles. The molecule has 1 aliphatic rings. The Labute approximate surface area is 285 Å². The van der Waals surface area contributed by atoms with E-state index >= 15 is 0 Å². The number of aryl methyl sites for hydroxylation is 1. The second-order valence-electron chi connectivity index (χ2n) is 14.6. The molecule has 4 aromatic rings. The number of carbonyl (C=O) groups excluding carboxylic acids is 2. The smallest absolute Gasteiger partial charge is 0.446 e. The molecule has 3 aromatic carbocycles. The summed E-state index contributed by atoms with van der Waals surface area (Å²) in [6, 6.07) is 21.6. The van der Waals surface area contributed by atoms with E-state index < -0.39 is 17.8 Å². The Kier molecular flexibility index (Phi) is 11.1. The molecule has 0 bridgehead atoms. The fourth-order valence-corrected chi connectivity index (χ4v) is 6.61. The predicted molar refractivity (Wildman–Crippen MR) is 191 cm³/mol. The van der Waals surface area contributed by atoms with Crippen molar-refractivity contribution in [1.82, 2.24) is 9.55 Å². The van der Waals surface area contributed by atoms with Crippen molar-refractivity contribution in [2.45, 2.75) is 105 Å². The number of rotatable bonds is 10. The number of anilines is 1. The van der Waals surface area contributed by atoms with Crippen molar-refractivity contribution >= 4 is 29.0 Å². The molecule has 1 aromatic heterocycles. The predicted octanol–water partition coefficient (Wildman–Crippen LogP) is 10.4. The zero-order chi connectivity index (χ0) is 34.4. The number of hydrogen-bond donors (Lipinski definition) is 1. The lowest BCUT2D eigenvalue weighted by molar-refractivity contribution is 0.0125. The molecule has 1 heterocycles. The Morgan fingerprint density at radius 2 is 1.77 bits per heavy atom. The Hall–Kier alpha value is -4.33. The molecule has 8 heteroatoms. The minimum Gasteiger partial charge on any atom is -0.446 e. The van der Waals surface area contributed by atoms with Gasteiger partial charge < -0.3 is 18.8 Å². The molecule has 0 aliphatic heterocycles. The molecule has 3 unspecified atom stereocenters. The summed E-state index contributed by atoms with van der Waals surface area (Å²) in [7, 11) is 0. The normalized spacial score (nSPS) is 18.1. The van der Waals surface area contributed by atoms with E-state index in [1.807, 2.05) is 69.3 Å². The molecule has 8 nitrogen and oxygen atoms in total. The van der Waals surface area contributed by atoms with Crippen LogP contribution in [-0.2, 0) is 22.4 Å². The SMILES string of the molecule is CCCCc1nc2ccc(NC(=O)OC3CC(C)CCC3C(C)C)cc2n1Cc1ccc(-c2ccccc2OC(=O)OC(C)(C)C)cc1. The third-order valence-electron chi connectivity index (χ3n) is 9.12. The van der Waals surface area contributed by atoms with Crippen molar-refractivity contribution in [1.29, 1.82) is 0 Å². The molecule has 5 rings (SSSR count). The van der Waals surface area contributed by atoms with Crippen LogP contribution in [0.2, 0.25) is 0 Å². The quantitative estimate of drug-likeness (QED) is 0.135. The third-order valence-corrected chi connectivity index (χ3v) is 9.12. The van der Waals surface area contributed by atoms with Gasteiger partial charge in [-0.15, -0.1) is 0 Å². The van der Waals surface area contributed by atoms with E-state index in [2.05, 4.69) is 49.7 Å². The lowest BCUT2D eigenvalue weighted by Crippen LogP contribution is -2.36. The maximum atomic E-state index is 13.1. The Morgan fingerprint density at radius 3 is 2.48 bits per heavy atom. The number of ether oxygens (including phenoxy) is 3. The summed E-state index contributed by atoms with van der Waals surface area (Å²) < 4.78 is 19.2. The van der Waals surface area contributed by atoms with E-state index in [0.29, 0.717) is 35.7 Å². The number of nitrogens with zero attached hydrogens (tertiary/aromatic N) is 2. The highest BCUT2D eigenvalue weighted by atomic mass is 16.7. The summed E-state index contributed by atoms with van der Waals surface area (Å²) >= 11 is 0.